The van der Waals surface area contributed by atoms with Gasteiger partial charge in [-0.3, -0.25) is 9.59 Å². The van der Waals surface area contributed by atoms with Crippen molar-refractivity contribution in [2.24, 2.45) is 11.3 Å². The van der Waals surface area contributed by atoms with E-state index in [1.54, 1.807) is 29.2 Å². The van der Waals surface area contributed by atoms with Gasteiger partial charge in [-0.25, -0.2) is 0 Å². The number of piperidine rings is 1. The summed E-state index contributed by atoms with van der Waals surface area (Å²) in [6.45, 7) is 0.367. The molecule has 6 heteroatoms. The number of carbonyl (C=O) groups is 2. The van der Waals surface area contributed by atoms with Crippen LogP contribution in [0.3, 0.4) is 0 Å². The minimum Gasteiger partial charge on any atom is -0.481 e. The Kier molecular flexibility index (Phi) is 5.28. The highest BCUT2D eigenvalue weighted by atomic mass is 16.5. The van der Waals surface area contributed by atoms with Crippen molar-refractivity contribution in [2.75, 3.05) is 13.1 Å². The number of likely N-dealkylation sites (tertiary alicyclic amines) is 1. The number of rotatable bonds is 6. The van der Waals surface area contributed by atoms with Gasteiger partial charge in [-0.05, 0) is 49.1 Å². The number of aliphatic carboxylic acids is 1. The van der Waals surface area contributed by atoms with Crippen LogP contribution in [0.5, 0.6) is 11.5 Å². The third-order valence-corrected chi connectivity index (χ3v) is 5.91. The fraction of sp³-hybridized carbons (Fsp3) is 0.391. The molecule has 2 fully saturated rings. The number of hydrogen-bond donors (Lipinski definition) is 2. The summed E-state index contributed by atoms with van der Waals surface area (Å²) in [6.07, 6.45) is 1.75. The summed E-state index contributed by atoms with van der Waals surface area (Å²) >= 11 is 0. The maximum absolute atomic E-state index is 13.1. The predicted octanol–water partition coefficient (Wildman–Crippen LogP) is 3.56. The molecule has 0 radical (unpaired) electrons. The van der Waals surface area contributed by atoms with Crippen LogP contribution in [0.4, 0.5) is 0 Å². The number of carbonyl (C=O) groups excluding carboxylic acids is 1. The van der Waals surface area contributed by atoms with Gasteiger partial charge in [-0.15, -0.1) is 0 Å². The third kappa shape index (κ3) is 4.12. The first-order valence-corrected chi connectivity index (χ1v) is 10.0. The summed E-state index contributed by atoms with van der Waals surface area (Å²) in [7, 11) is 0. The maximum atomic E-state index is 13.1. The maximum Gasteiger partial charge on any atom is 0.314 e. The quantitative estimate of drug-likeness (QED) is 0.781. The summed E-state index contributed by atoms with van der Waals surface area (Å²) in [6, 6.07) is 16.2. The molecule has 2 aromatic carbocycles. The summed E-state index contributed by atoms with van der Waals surface area (Å²) in [5, 5.41) is 20.4. The summed E-state index contributed by atoms with van der Waals surface area (Å²) in [5.41, 5.74) is -0.840. The summed E-state index contributed by atoms with van der Waals surface area (Å²) < 4.78 is 5.81. The normalized spacial score (nSPS) is 24.2. The minimum absolute atomic E-state index is 0.0304. The molecule has 1 aliphatic heterocycles. The highest BCUT2D eigenvalue weighted by molar-refractivity contribution is 5.95. The SMILES string of the molecule is O=C(c1cccc(Oc2ccccc2)c1)N1CC[C@@H](O)[C@@](CC2CC2)(C(=O)O)C1. The van der Waals surface area contributed by atoms with E-state index in [4.69, 9.17) is 4.74 Å². The molecule has 2 aliphatic rings. The molecule has 1 aliphatic carbocycles. The number of carboxylic acid groups (broad SMARTS) is 1. The van der Waals surface area contributed by atoms with Crippen LogP contribution in [0, 0.1) is 11.3 Å². The number of aliphatic hydroxyl groups excluding tert-OH is 1. The van der Waals surface area contributed by atoms with Crippen molar-refractivity contribution in [2.45, 2.75) is 31.8 Å². The first kappa shape index (κ1) is 19.5. The minimum atomic E-state index is -1.28. The van der Waals surface area contributed by atoms with Gasteiger partial charge >= 0.3 is 5.97 Å². The monoisotopic (exact) mass is 395 g/mol. The molecule has 4 rings (SSSR count). The molecule has 0 unspecified atom stereocenters. The lowest BCUT2D eigenvalue weighted by Gasteiger charge is -2.43. The van der Waals surface area contributed by atoms with Gasteiger partial charge in [0.25, 0.3) is 5.91 Å². The first-order chi connectivity index (χ1) is 14.0. The van der Waals surface area contributed by atoms with Gasteiger partial charge in [0, 0.05) is 18.7 Å². The summed E-state index contributed by atoms with van der Waals surface area (Å²) in [4.78, 5) is 26.8. The number of benzene rings is 2. The molecule has 1 heterocycles. The number of para-hydroxylation sites is 1. The molecule has 6 nitrogen and oxygen atoms in total. The Hall–Kier alpha value is -2.86. The van der Waals surface area contributed by atoms with Gasteiger partial charge < -0.3 is 19.8 Å². The molecule has 0 bridgehead atoms. The molecule has 2 aromatic rings. The molecular formula is C23H25NO5. The van der Waals surface area contributed by atoms with Crippen LogP contribution < -0.4 is 4.74 Å². The highest BCUT2D eigenvalue weighted by Gasteiger charge is 2.52. The zero-order valence-corrected chi connectivity index (χ0v) is 16.2. The van der Waals surface area contributed by atoms with Gasteiger partial charge in [0.05, 0.1) is 6.10 Å². The molecule has 1 amide bonds. The van der Waals surface area contributed by atoms with E-state index in [0.29, 0.717) is 35.9 Å². The second-order valence-electron chi connectivity index (χ2n) is 8.08. The molecule has 1 saturated carbocycles. The molecule has 1 saturated heterocycles. The van der Waals surface area contributed by atoms with Crippen molar-refractivity contribution in [3.05, 3.63) is 60.2 Å². The lowest BCUT2D eigenvalue weighted by atomic mass is 9.73. The van der Waals surface area contributed by atoms with Crippen LogP contribution in [0.1, 0.15) is 36.0 Å². The average molecular weight is 395 g/mol. The molecule has 2 atom stereocenters. The number of amides is 1. The van der Waals surface area contributed by atoms with Crippen LogP contribution in [0.15, 0.2) is 54.6 Å². The molecule has 152 valence electrons. The number of carboxylic acids is 1. The van der Waals surface area contributed by atoms with E-state index < -0.39 is 17.5 Å². The molecule has 0 spiro atoms. The smallest absolute Gasteiger partial charge is 0.314 e. The lowest BCUT2D eigenvalue weighted by Crippen LogP contribution is -2.57. The fourth-order valence-corrected chi connectivity index (χ4v) is 4.09. The Morgan fingerprint density at radius 1 is 1.03 bits per heavy atom. The van der Waals surface area contributed by atoms with E-state index in [-0.39, 0.29) is 18.9 Å². The topological polar surface area (TPSA) is 87.1 Å². The van der Waals surface area contributed by atoms with Crippen LogP contribution >= 0.6 is 0 Å². The number of nitrogens with zero attached hydrogens (tertiary/aromatic N) is 1. The zero-order valence-electron chi connectivity index (χ0n) is 16.2. The van der Waals surface area contributed by atoms with Gasteiger partial charge in [-0.1, -0.05) is 37.1 Å². The van der Waals surface area contributed by atoms with Crippen molar-refractivity contribution in [3.8, 4) is 11.5 Å². The van der Waals surface area contributed by atoms with Crippen molar-refractivity contribution in [1.29, 1.82) is 0 Å². The Morgan fingerprint density at radius 3 is 2.45 bits per heavy atom. The Bertz CT molecular complexity index is 895. The van der Waals surface area contributed by atoms with E-state index in [9.17, 15) is 19.8 Å². The molecular weight excluding hydrogens is 370 g/mol. The van der Waals surface area contributed by atoms with Crippen LogP contribution in [-0.2, 0) is 4.79 Å². The second kappa shape index (κ2) is 7.87. The Morgan fingerprint density at radius 2 is 1.76 bits per heavy atom. The van der Waals surface area contributed by atoms with Gasteiger partial charge in [0.15, 0.2) is 0 Å². The third-order valence-electron chi connectivity index (χ3n) is 5.91. The number of aliphatic hydroxyl groups is 1. The summed E-state index contributed by atoms with van der Waals surface area (Å²) in [5.74, 6) is 0.292. The molecule has 29 heavy (non-hydrogen) atoms. The van der Waals surface area contributed by atoms with Crippen molar-refractivity contribution < 1.29 is 24.5 Å². The molecule has 2 N–H and O–H groups in total. The van der Waals surface area contributed by atoms with Gasteiger partial charge in [-0.2, -0.15) is 0 Å². The van der Waals surface area contributed by atoms with Crippen molar-refractivity contribution >= 4 is 11.9 Å². The first-order valence-electron chi connectivity index (χ1n) is 10.0. The van der Waals surface area contributed by atoms with Gasteiger partial charge in [0.2, 0.25) is 0 Å². The molecule has 0 aromatic heterocycles. The Balaban J connectivity index is 1.53. The van der Waals surface area contributed by atoms with E-state index in [2.05, 4.69) is 0 Å². The highest BCUT2D eigenvalue weighted by Crippen LogP contribution is 2.45. The standard InChI is InChI=1S/C23H25NO5/c25-20-11-12-24(15-23(20,22(27)28)14-16-9-10-16)21(26)17-5-4-8-19(13-17)29-18-6-2-1-3-7-18/h1-8,13,16,20,25H,9-12,14-15H2,(H,27,28)/t20-,23+/m1/s1. The predicted molar refractivity (Wildman–Crippen MR) is 107 cm³/mol. The average Bonchev–Trinajstić information content (AvgIpc) is 3.54. The van der Waals surface area contributed by atoms with Crippen LogP contribution in [0.25, 0.3) is 0 Å². The lowest BCUT2D eigenvalue weighted by molar-refractivity contribution is -0.163. The second-order valence-corrected chi connectivity index (χ2v) is 8.08. The van der Waals surface area contributed by atoms with Crippen LogP contribution in [0.2, 0.25) is 0 Å². The largest absolute Gasteiger partial charge is 0.481 e. The van der Waals surface area contributed by atoms with Crippen LogP contribution in [-0.4, -0.2) is 46.2 Å². The van der Waals surface area contributed by atoms with E-state index in [1.165, 1.54) is 0 Å². The number of ether oxygens (including phenoxy) is 1. The Labute approximate surface area is 169 Å². The van der Waals surface area contributed by atoms with Crippen molar-refractivity contribution in [3.63, 3.8) is 0 Å². The fourth-order valence-electron chi connectivity index (χ4n) is 4.09. The van der Waals surface area contributed by atoms with E-state index in [1.807, 2.05) is 30.3 Å². The van der Waals surface area contributed by atoms with Gasteiger partial charge in [0.1, 0.15) is 16.9 Å². The van der Waals surface area contributed by atoms with E-state index in [0.717, 1.165) is 12.8 Å². The number of hydrogen-bond acceptors (Lipinski definition) is 4. The zero-order chi connectivity index (χ0) is 20.4. The van der Waals surface area contributed by atoms with E-state index >= 15 is 0 Å². The van der Waals surface area contributed by atoms with Crippen molar-refractivity contribution in [1.82, 2.24) is 4.90 Å².